The van der Waals surface area contributed by atoms with Gasteiger partial charge in [-0.3, -0.25) is 0 Å². The molecule has 1 unspecified atom stereocenters. The first kappa shape index (κ1) is 13.7. The van der Waals surface area contributed by atoms with E-state index in [-0.39, 0.29) is 11.6 Å². The first-order valence-electron chi connectivity index (χ1n) is 7.03. The molecule has 1 aliphatic heterocycles. The van der Waals surface area contributed by atoms with Gasteiger partial charge in [-0.15, -0.1) is 0 Å². The highest BCUT2D eigenvalue weighted by Gasteiger charge is 2.24. The van der Waals surface area contributed by atoms with Crippen molar-refractivity contribution in [1.82, 2.24) is 10.1 Å². The Morgan fingerprint density at radius 3 is 2.81 bits per heavy atom. The fraction of sp³-hybridized carbons (Fsp3) is 0.375. The van der Waals surface area contributed by atoms with Gasteiger partial charge in [0.15, 0.2) is 11.6 Å². The molecule has 0 spiro atoms. The van der Waals surface area contributed by atoms with Crippen LogP contribution in [0.1, 0.15) is 44.1 Å². The fourth-order valence-corrected chi connectivity index (χ4v) is 2.29. The summed E-state index contributed by atoms with van der Waals surface area (Å²) in [6.07, 6.45) is 4.15. The fourth-order valence-electron chi connectivity index (χ4n) is 2.29. The predicted octanol–water partition coefficient (Wildman–Crippen LogP) is 3.74. The van der Waals surface area contributed by atoms with Crippen LogP contribution in [0.2, 0.25) is 0 Å². The summed E-state index contributed by atoms with van der Waals surface area (Å²) >= 11 is 0. The van der Waals surface area contributed by atoms with Gasteiger partial charge in [0.25, 0.3) is 0 Å². The van der Waals surface area contributed by atoms with Gasteiger partial charge in [0.05, 0.1) is 5.69 Å². The second kappa shape index (κ2) is 4.91. The minimum Gasteiger partial charge on any atom is -0.481 e. The molecule has 1 aromatic carbocycles. The number of benzene rings is 1. The smallest absolute Gasteiger partial charge is 0.248 e. The lowest BCUT2D eigenvalue weighted by Gasteiger charge is -2.30. The third-order valence-electron chi connectivity index (χ3n) is 3.36. The number of fused-ring (bicyclic) bond motifs is 1. The van der Waals surface area contributed by atoms with E-state index in [0.717, 1.165) is 17.0 Å². The van der Waals surface area contributed by atoms with Crippen LogP contribution < -0.4 is 10.1 Å². The number of nitrogens with one attached hydrogen (secondary N) is 1. The second-order valence-electron chi connectivity index (χ2n) is 5.81. The van der Waals surface area contributed by atoms with Gasteiger partial charge in [0.1, 0.15) is 11.6 Å². The zero-order valence-corrected chi connectivity index (χ0v) is 12.7. The zero-order chi connectivity index (χ0) is 15.0. The summed E-state index contributed by atoms with van der Waals surface area (Å²) in [7, 11) is 0. The Bertz CT molecular complexity index is 689. The van der Waals surface area contributed by atoms with E-state index >= 15 is 0 Å². The Kier molecular flexibility index (Phi) is 3.20. The number of para-hydroxylation sites is 1. The predicted molar refractivity (Wildman–Crippen MR) is 81.3 cm³/mol. The van der Waals surface area contributed by atoms with Gasteiger partial charge >= 0.3 is 0 Å². The monoisotopic (exact) mass is 285 g/mol. The number of ether oxygens (including phenoxy) is 1. The summed E-state index contributed by atoms with van der Waals surface area (Å²) in [6.45, 7) is 7.86. The SMILES string of the molecule is Cc1noc(C(C)Nc2cccc3c2OC(C)(C)C=C3)n1. The lowest BCUT2D eigenvalue weighted by molar-refractivity contribution is 0.160. The van der Waals surface area contributed by atoms with Crippen LogP contribution in [-0.2, 0) is 0 Å². The molecular formula is C16H19N3O2. The third kappa shape index (κ3) is 2.77. The molecular weight excluding hydrogens is 266 g/mol. The van der Waals surface area contributed by atoms with Crippen LogP contribution in [0.4, 0.5) is 5.69 Å². The number of anilines is 1. The molecule has 0 fully saturated rings. The number of nitrogens with zero attached hydrogens (tertiary/aromatic N) is 2. The number of aryl methyl sites for hydroxylation is 1. The summed E-state index contributed by atoms with van der Waals surface area (Å²) in [5, 5.41) is 7.20. The van der Waals surface area contributed by atoms with Crippen molar-refractivity contribution in [3.05, 3.63) is 41.6 Å². The maximum atomic E-state index is 6.08. The molecule has 0 amide bonds. The Balaban J connectivity index is 1.89. The molecule has 2 heterocycles. The molecule has 2 aromatic rings. The van der Waals surface area contributed by atoms with Crippen LogP contribution in [-0.4, -0.2) is 15.7 Å². The average Bonchev–Trinajstić information content (AvgIpc) is 2.85. The molecule has 21 heavy (non-hydrogen) atoms. The van der Waals surface area contributed by atoms with E-state index in [2.05, 4.69) is 27.6 Å². The largest absolute Gasteiger partial charge is 0.481 e. The van der Waals surface area contributed by atoms with Gasteiger partial charge in [-0.25, -0.2) is 0 Å². The molecule has 5 heteroatoms. The highest BCUT2D eigenvalue weighted by Crippen LogP contribution is 2.38. The Morgan fingerprint density at radius 2 is 2.10 bits per heavy atom. The lowest BCUT2D eigenvalue weighted by Crippen LogP contribution is -2.28. The van der Waals surface area contributed by atoms with Gasteiger partial charge in [0, 0.05) is 5.56 Å². The van der Waals surface area contributed by atoms with Crippen molar-refractivity contribution in [1.29, 1.82) is 0 Å². The highest BCUT2D eigenvalue weighted by molar-refractivity contribution is 5.71. The van der Waals surface area contributed by atoms with E-state index in [1.54, 1.807) is 6.92 Å². The maximum absolute atomic E-state index is 6.08. The molecule has 0 saturated carbocycles. The van der Waals surface area contributed by atoms with Crippen molar-refractivity contribution in [2.24, 2.45) is 0 Å². The zero-order valence-electron chi connectivity index (χ0n) is 12.7. The van der Waals surface area contributed by atoms with Gasteiger partial charge in [-0.1, -0.05) is 23.4 Å². The van der Waals surface area contributed by atoms with Crippen molar-refractivity contribution >= 4 is 11.8 Å². The van der Waals surface area contributed by atoms with Gasteiger partial charge < -0.3 is 14.6 Å². The first-order chi connectivity index (χ1) is 9.94. The molecule has 0 bridgehead atoms. The topological polar surface area (TPSA) is 60.2 Å². The summed E-state index contributed by atoms with van der Waals surface area (Å²) in [5.74, 6) is 2.05. The highest BCUT2D eigenvalue weighted by atomic mass is 16.5. The van der Waals surface area contributed by atoms with Gasteiger partial charge in [-0.2, -0.15) is 4.98 Å². The molecule has 0 aliphatic carbocycles. The second-order valence-corrected chi connectivity index (χ2v) is 5.81. The Labute approximate surface area is 124 Å². The normalized spacial score (nSPS) is 17.0. The molecule has 110 valence electrons. The minimum absolute atomic E-state index is 0.0877. The van der Waals surface area contributed by atoms with Crippen molar-refractivity contribution in [2.45, 2.75) is 39.3 Å². The van der Waals surface area contributed by atoms with E-state index in [1.807, 2.05) is 39.0 Å². The van der Waals surface area contributed by atoms with E-state index in [9.17, 15) is 0 Å². The summed E-state index contributed by atoms with van der Waals surface area (Å²) in [6, 6.07) is 5.94. The summed E-state index contributed by atoms with van der Waals surface area (Å²) in [5.41, 5.74) is 1.68. The van der Waals surface area contributed by atoms with Crippen LogP contribution in [0.5, 0.6) is 5.75 Å². The van der Waals surface area contributed by atoms with Crippen molar-refractivity contribution in [3.63, 3.8) is 0 Å². The third-order valence-corrected chi connectivity index (χ3v) is 3.36. The molecule has 1 atom stereocenters. The Morgan fingerprint density at radius 1 is 1.29 bits per heavy atom. The molecule has 5 nitrogen and oxygen atoms in total. The van der Waals surface area contributed by atoms with E-state index in [4.69, 9.17) is 9.26 Å². The molecule has 1 aliphatic rings. The van der Waals surface area contributed by atoms with Gasteiger partial charge in [0.2, 0.25) is 5.89 Å². The van der Waals surface area contributed by atoms with Gasteiger partial charge in [-0.05, 0) is 39.8 Å². The van der Waals surface area contributed by atoms with E-state index in [0.29, 0.717) is 11.7 Å². The van der Waals surface area contributed by atoms with Crippen LogP contribution in [0.25, 0.3) is 6.08 Å². The molecule has 0 radical (unpaired) electrons. The summed E-state index contributed by atoms with van der Waals surface area (Å²) in [4.78, 5) is 4.25. The minimum atomic E-state index is -0.310. The lowest BCUT2D eigenvalue weighted by atomic mass is 10.0. The molecule has 3 rings (SSSR count). The van der Waals surface area contributed by atoms with Crippen LogP contribution in [0.3, 0.4) is 0 Å². The number of hydrogen-bond acceptors (Lipinski definition) is 5. The molecule has 1 N–H and O–H groups in total. The number of hydrogen-bond donors (Lipinski definition) is 1. The van der Waals surface area contributed by atoms with Crippen LogP contribution in [0, 0.1) is 6.92 Å². The quantitative estimate of drug-likeness (QED) is 0.931. The van der Waals surface area contributed by atoms with Crippen LogP contribution >= 0.6 is 0 Å². The molecule has 0 saturated heterocycles. The van der Waals surface area contributed by atoms with E-state index < -0.39 is 0 Å². The van der Waals surface area contributed by atoms with E-state index in [1.165, 1.54) is 0 Å². The van der Waals surface area contributed by atoms with Crippen molar-refractivity contribution in [3.8, 4) is 5.75 Å². The summed E-state index contributed by atoms with van der Waals surface area (Å²) < 4.78 is 11.3. The standard InChI is InChI=1S/C16H19N3O2/c1-10(15-18-11(2)19-21-15)17-13-7-5-6-12-8-9-16(3,4)20-14(12)13/h5-10,17H,1-4H3. The average molecular weight is 285 g/mol. The van der Waals surface area contributed by atoms with Crippen molar-refractivity contribution < 1.29 is 9.26 Å². The molecule has 1 aromatic heterocycles. The number of aromatic nitrogens is 2. The maximum Gasteiger partial charge on any atom is 0.248 e. The Hall–Kier alpha value is -2.30. The van der Waals surface area contributed by atoms with Crippen LogP contribution in [0.15, 0.2) is 28.8 Å². The number of rotatable bonds is 3. The van der Waals surface area contributed by atoms with Crippen molar-refractivity contribution in [2.75, 3.05) is 5.32 Å². The first-order valence-corrected chi connectivity index (χ1v) is 7.03.